The van der Waals surface area contributed by atoms with Crippen LogP contribution in [0.25, 0.3) is 11.0 Å². The van der Waals surface area contributed by atoms with Crippen molar-refractivity contribution >= 4 is 11.0 Å². The first-order valence-electron chi connectivity index (χ1n) is 5.74. The van der Waals surface area contributed by atoms with Crippen LogP contribution in [0.4, 0.5) is 0 Å². The van der Waals surface area contributed by atoms with E-state index in [-0.39, 0.29) is 11.4 Å². The smallest absolute Gasteiger partial charge is 0.326 e. The molecule has 2 N–H and O–H groups in total. The van der Waals surface area contributed by atoms with Crippen molar-refractivity contribution in [1.82, 2.24) is 9.55 Å². The second kappa shape index (κ2) is 3.92. The molecule has 0 saturated carbocycles. The fourth-order valence-corrected chi connectivity index (χ4v) is 2.36. The molecule has 0 radical (unpaired) electrons. The van der Waals surface area contributed by atoms with Crippen LogP contribution in [0.1, 0.15) is 6.42 Å². The third kappa shape index (κ3) is 1.72. The van der Waals surface area contributed by atoms with Gasteiger partial charge in [0.15, 0.2) is 0 Å². The maximum absolute atomic E-state index is 11.8. The summed E-state index contributed by atoms with van der Waals surface area (Å²) in [5.74, 6) is 0.492. The molecule has 0 aliphatic carbocycles. The maximum Gasteiger partial charge on any atom is 0.326 e. The van der Waals surface area contributed by atoms with E-state index in [1.165, 1.54) is 0 Å². The number of nitrogens with zero attached hydrogens (tertiary/aromatic N) is 1. The lowest BCUT2D eigenvalue weighted by molar-refractivity contribution is 0.182. The normalized spacial score (nSPS) is 20.1. The Labute approximate surface area is 97.6 Å². The molecule has 0 amide bonds. The van der Waals surface area contributed by atoms with Gasteiger partial charge in [-0.25, -0.2) is 4.79 Å². The number of nitrogens with one attached hydrogen (secondary N) is 1. The zero-order chi connectivity index (χ0) is 11.8. The molecule has 2 heterocycles. The number of ether oxygens (including phenoxy) is 1. The molecule has 0 bridgehead atoms. The Kier molecular flexibility index (Phi) is 2.40. The molecule has 1 unspecified atom stereocenters. The number of benzene rings is 1. The minimum Gasteiger partial charge on any atom is -0.506 e. The molecular formula is C12H14N2O3. The standard InChI is InChI=1S/C12H14N2O3/c15-10-3-1-2-9-11(10)14(12(16)13-9)6-8-4-5-17-7-8/h1-3,8,15H,4-7H2,(H,13,16). The van der Waals surface area contributed by atoms with E-state index in [0.29, 0.717) is 30.1 Å². The van der Waals surface area contributed by atoms with Crippen LogP contribution in [0.3, 0.4) is 0 Å². The molecule has 1 aliphatic rings. The van der Waals surface area contributed by atoms with Crippen molar-refractivity contribution in [2.24, 2.45) is 5.92 Å². The summed E-state index contributed by atoms with van der Waals surface area (Å²) in [4.78, 5) is 14.6. The largest absolute Gasteiger partial charge is 0.506 e. The summed E-state index contributed by atoms with van der Waals surface area (Å²) >= 11 is 0. The highest BCUT2D eigenvalue weighted by Crippen LogP contribution is 2.23. The van der Waals surface area contributed by atoms with Crippen molar-refractivity contribution in [3.8, 4) is 5.75 Å². The maximum atomic E-state index is 11.8. The number of imidazole rings is 1. The monoisotopic (exact) mass is 234 g/mol. The number of hydrogen-bond donors (Lipinski definition) is 2. The van der Waals surface area contributed by atoms with Crippen molar-refractivity contribution in [3.63, 3.8) is 0 Å². The van der Waals surface area contributed by atoms with E-state index in [1.54, 1.807) is 22.8 Å². The lowest BCUT2D eigenvalue weighted by Gasteiger charge is -2.09. The Morgan fingerprint density at radius 1 is 1.53 bits per heavy atom. The van der Waals surface area contributed by atoms with Gasteiger partial charge >= 0.3 is 5.69 Å². The number of aromatic nitrogens is 2. The molecule has 3 rings (SSSR count). The molecule has 0 spiro atoms. The molecule has 17 heavy (non-hydrogen) atoms. The van der Waals surface area contributed by atoms with Crippen molar-refractivity contribution in [2.45, 2.75) is 13.0 Å². The van der Waals surface area contributed by atoms with Gasteiger partial charge in [0.25, 0.3) is 0 Å². The van der Waals surface area contributed by atoms with E-state index >= 15 is 0 Å². The summed E-state index contributed by atoms with van der Waals surface area (Å²) in [5, 5.41) is 9.83. The summed E-state index contributed by atoms with van der Waals surface area (Å²) in [6, 6.07) is 5.10. The number of phenols is 1. The molecule has 1 aliphatic heterocycles. The van der Waals surface area contributed by atoms with Crippen LogP contribution >= 0.6 is 0 Å². The SMILES string of the molecule is O=c1[nH]c2cccc(O)c2n1CC1CCOC1. The number of aromatic hydroxyl groups is 1. The zero-order valence-electron chi connectivity index (χ0n) is 9.35. The lowest BCUT2D eigenvalue weighted by Crippen LogP contribution is -2.21. The number of H-pyrrole nitrogens is 1. The predicted molar refractivity (Wildman–Crippen MR) is 63.1 cm³/mol. The Bertz CT molecular complexity index is 593. The molecule has 90 valence electrons. The average molecular weight is 234 g/mol. The lowest BCUT2D eigenvalue weighted by atomic mass is 10.1. The first-order chi connectivity index (χ1) is 8.25. The summed E-state index contributed by atoms with van der Waals surface area (Å²) in [6.45, 7) is 2.04. The second-order valence-corrected chi connectivity index (χ2v) is 4.44. The molecular weight excluding hydrogens is 220 g/mol. The van der Waals surface area contributed by atoms with E-state index in [0.717, 1.165) is 13.0 Å². The summed E-state index contributed by atoms with van der Waals surface area (Å²) in [6.07, 6.45) is 0.965. The molecule has 1 aromatic heterocycles. The second-order valence-electron chi connectivity index (χ2n) is 4.44. The van der Waals surface area contributed by atoms with Crippen LogP contribution in [0, 0.1) is 5.92 Å². The minimum atomic E-state index is -0.173. The molecule has 1 saturated heterocycles. The summed E-state index contributed by atoms with van der Waals surface area (Å²) in [7, 11) is 0. The minimum absolute atomic E-state index is 0.139. The van der Waals surface area contributed by atoms with E-state index in [1.807, 2.05) is 0 Å². The molecule has 5 nitrogen and oxygen atoms in total. The van der Waals surface area contributed by atoms with Gasteiger partial charge in [0.2, 0.25) is 0 Å². The molecule has 1 fully saturated rings. The van der Waals surface area contributed by atoms with E-state index in [9.17, 15) is 9.90 Å². The van der Waals surface area contributed by atoms with Gasteiger partial charge in [-0.15, -0.1) is 0 Å². The Morgan fingerprint density at radius 2 is 2.41 bits per heavy atom. The molecule has 1 aromatic carbocycles. The highest BCUT2D eigenvalue weighted by Gasteiger charge is 2.19. The number of para-hydroxylation sites is 1. The third-order valence-electron chi connectivity index (χ3n) is 3.24. The van der Waals surface area contributed by atoms with Crippen molar-refractivity contribution in [2.75, 3.05) is 13.2 Å². The van der Waals surface area contributed by atoms with Crippen molar-refractivity contribution < 1.29 is 9.84 Å². The number of rotatable bonds is 2. The number of aromatic amines is 1. The Balaban J connectivity index is 2.08. The zero-order valence-corrected chi connectivity index (χ0v) is 9.35. The van der Waals surface area contributed by atoms with Gasteiger partial charge in [-0.1, -0.05) is 6.07 Å². The number of phenolic OH excluding ortho intramolecular Hbond substituents is 1. The molecule has 1 atom stereocenters. The first-order valence-corrected chi connectivity index (χ1v) is 5.74. The van der Waals surface area contributed by atoms with Gasteiger partial charge < -0.3 is 14.8 Å². The van der Waals surface area contributed by atoms with Crippen LogP contribution in [-0.4, -0.2) is 27.9 Å². The summed E-state index contributed by atoms with van der Waals surface area (Å²) in [5.41, 5.74) is 1.09. The fourth-order valence-electron chi connectivity index (χ4n) is 2.36. The predicted octanol–water partition coefficient (Wildman–Crippen LogP) is 1.07. The Morgan fingerprint density at radius 3 is 3.18 bits per heavy atom. The van der Waals surface area contributed by atoms with Gasteiger partial charge in [-0.05, 0) is 18.6 Å². The van der Waals surface area contributed by atoms with E-state index in [4.69, 9.17) is 4.74 Å². The van der Waals surface area contributed by atoms with Crippen LogP contribution in [0.5, 0.6) is 5.75 Å². The van der Waals surface area contributed by atoms with Gasteiger partial charge in [0.1, 0.15) is 11.3 Å². The average Bonchev–Trinajstić information content (AvgIpc) is 2.89. The van der Waals surface area contributed by atoms with Crippen molar-refractivity contribution in [1.29, 1.82) is 0 Å². The summed E-state index contributed by atoms with van der Waals surface area (Å²) < 4.78 is 6.90. The van der Waals surface area contributed by atoms with Gasteiger partial charge in [0, 0.05) is 19.1 Å². The highest BCUT2D eigenvalue weighted by molar-refractivity contribution is 5.81. The topological polar surface area (TPSA) is 67.2 Å². The number of fused-ring (bicyclic) bond motifs is 1. The molecule has 5 heteroatoms. The quantitative estimate of drug-likeness (QED) is 0.816. The first kappa shape index (κ1) is 10.4. The van der Waals surface area contributed by atoms with Crippen LogP contribution in [-0.2, 0) is 11.3 Å². The fraction of sp³-hybridized carbons (Fsp3) is 0.417. The van der Waals surface area contributed by atoms with Crippen LogP contribution < -0.4 is 5.69 Å². The highest BCUT2D eigenvalue weighted by atomic mass is 16.5. The van der Waals surface area contributed by atoms with E-state index in [2.05, 4.69) is 4.98 Å². The van der Waals surface area contributed by atoms with Crippen LogP contribution in [0.2, 0.25) is 0 Å². The van der Waals surface area contributed by atoms with Gasteiger partial charge in [0.05, 0.1) is 12.1 Å². The van der Waals surface area contributed by atoms with Gasteiger partial charge in [-0.2, -0.15) is 0 Å². The third-order valence-corrected chi connectivity index (χ3v) is 3.24. The van der Waals surface area contributed by atoms with Crippen LogP contribution in [0.15, 0.2) is 23.0 Å². The van der Waals surface area contributed by atoms with Crippen molar-refractivity contribution in [3.05, 3.63) is 28.7 Å². The Hall–Kier alpha value is -1.75. The number of hydrogen-bond acceptors (Lipinski definition) is 3. The molecule has 2 aromatic rings. The van der Waals surface area contributed by atoms with E-state index < -0.39 is 0 Å². The van der Waals surface area contributed by atoms with Gasteiger partial charge in [-0.3, -0.25) is 4.57 Å².